The van der Waals surface area contributed by atoms with Gasteiger partial charge in [0.1, 0.15) is 10.8 Å². The third-order valence-corrected chi connectivity index (χ3v) is 4.88. The third-order valence-electron chi connectivity index (χ3n) is 3.94. The summed E-state index contributed by atoms with van der Waals surface area (Å²) in [5.41, 5.74) is 2.37. The van der Waals surface area contributed by atoms with E-state index >= 15 is 0 Å². The average molecular weight is 381 g/mol. The minimum Gasteiger partial charge on any atom is -0.497 e. The van der Waals surface area contributed by atoms with Crippen LogP contribution in [-0.4, -0.2) is 28.8 Å². The summed E-state index contributed by atoms with van der Waals surface area (Å²) in [6.45, 7) is 0.344. The highest BCUT2D eigenvalue weighted by molar-refractivity contribution is 7.13. The predicted octanol–water partition coefficient (Wildman–Crippen LogP) is 3.49. The van der Waals surface area contributed by atoms with Gasteiger partial charge in [-0.2, -0.15) is 0 Å². The van der Waals surface area contributed by atoms with Crippen molar-refractivity contribution in [2.24, 2.45) is 0 Å². The Labute approximate surface area is 161 Å². The molecule has 0 fully saturated rings. The number of carbonyl (C=O) groups is 2. The van der Waals surface area contributed by atoms with Crippen LogP contribution in [0.1, 0.15) is 28.9 Å². The fourth-order valence-corrected chi connectivity index (χ4v) is 3.27. The molecule has 0 aliphatic heterocycles. The number of pyridine rings is 1. The largest absolute Gasteiger partial charge is 0.497 e. The van der Waals surface area contributed by atoms with Gasteiger partial charge in [-0.3, -0.25) is 14.6 Å². The molecule has 7 heteroatoms. The lowest BCUT2D eigenvalue weighted by Gasteiger charge is -2.04. The molecule has 0 aliphatic rings. The number of nitrogens with one attached hydrogen (secondary N) is 1. The Kier molecular flexibility index (Phi) is 6.27. The Balaban J connectivity index is 1.45. The smallest absolute Gasteiger partial charge is 0.220 e. The van der Waals surface area contributed by atoms with Crippen LogP contribution in [0.3, 0.4) is 0 Å². The fourth-order valence-electron chi connectivity index (χ4n) is 2.44. The van der Waals surface area contributed by atoms with Crippen molar-refractivity contribution in [1.29, 1.82) is 0 Å². The normalized spacial score (nSPS) is 10.4. The summed E-state index contributed by atoms with van der Waals surface area (Å²) in [4.78, 5) is 32.7. The summed E-state index contributed by atoms with van der Waals surface area (Å²) in [6, 6.07) is 10.7. The van der Waals surface area contributed by atoms with Crippen molar-refractivity contribution >= 4 is 23.0 Å². The molecule has 0 spiro atoms. The Hall–Kier alpha value is -3.06. The third kappa shape index (κ3) is 5.21. The van der Waals surface area contributed by atoms with Gasteiger partial charge in [-0.1, -0.05) is 0 Å². The minimum absolute atomic E-state index is 0.0681. The molecule has 0 bridgehead atoms. The first-order valence-electron chi connectivity index (χ1n) is 8.44. The van der Waals surface area contributed by atoms with Crippen molar-refractivity contribution in [2.45, 2.75) is 19.4 Å². The number of rotatable bonds is 8. The van der Waals surface area contributed by atoms with Gasteiger partial charge in [0.2, 0.25) is 5.91 Å². The van der Waals surface area contributed by atoms with E-state index < -0.39 is 0 Å². The Bertz CT molecular complexity index is 908. The van der Waals surface area contributed by atoms with Gasteiger partial charge in [0, 0.05) is 41.7 Å². The summed E-state index contributed by atoms with van der Waals surface area (Å²) in [5, 5.41) is 5.61. The zero-order chi connectivity index (χ0) is 19.1. The summed E-state index contributed by atoms with van der Waals surface area (Å²) in [6.07, 6.45) is 3.75. The molecule has 3 aromatic rings. The van der Waals surface area contributed by atoms with Crippen LogP contribution in [-0.2, 0) is 11.3 Å². The van der Waals surface area contributed by atoms with E-state index in [0.29, 0.717) is 17.9 Å². The first-order chi connectivity index (χ1) is 13.2. The maximum atomic E-state index is 12.1. The van der Waals surface area contributed by atoms with Gasteiger partial charge in [-0.15, -0.1) is 11.3 Å². The number of thiazole rings is 1. The van der Waals surface area contributed by atoms with E-state index in [1.165, 1.54) is 11.3 Å². The molecule has 0 radical (unpaired) electrons. The quantitative estimate of drug-likeness (QED) is 0.604. The number of nitrogens with zero attached hydrogens (tertiary/aromatic N) is 2. The molecule has 3 rings (SSSR count). The zero-order valence-corrected chi connectivity index (χ0v) is 15.7. The number of carbonyl (C=O) groups excluding carboxylic acids is 2. The van der Waals surface area contributed by atoms with E-state index in [4.69, 9.17) is 4.74 Å². The van der Waals surface area contributed by atoms with E-state index in [0.717, 1.165) is 16.3 Å². The van der Waals surface area contributed by atoms with Crippen LogP contribution >= 0.6 is 11.3 Å². The minimum atomic E-state index is -0.171. The summed E-state index contributed by atoms with van der Waals surface area (Å²) >= 11 is 1.52. The standard InChI is InChI=1S/C20H19N3O3S/c1-26-17-4-2-14(3-5-17)18(24)6-7-19(25)22-12-16-13-27-20(23-16)15-8-10-21-11-9-15/h2-5,8-11,13H,6-7,12H2,1H3,(H,22,25). The molecule has 6 nitrogen and oxygen atoms in total. The van der Waals surface area contributed by atoms with Crippen molar-refractivity contribution in [3.63, 3.8) is 0 Å². The monoisotopic (exact) mass is 381 g/mol. The van der Waals surface area contributed by atoms with Gasteiger partial charge >= 0.3 is 0 Å². The molecule has 2 aromatic heterocycles. The maximum absolute atomic E-state index is 12.1. The number of methoxy groups -OCH3 is 1. The highest BCUT2D eigenvalue weighted by Crippen LogP contribution is 2.22. The lowest BCUT2D eigenvalue weighted by molar-refractivity contribution is -0.121. The second kappa shape index (κ2) is 9.05. The first-order valence-corrected chi connectivity index (χ1v) is 9.32. The Morgan fingerprint density at radius 1 is 1.07 bits per heavy atom. The molecule has 27 heavy (non-hydrogen) atoms. The molecule has 0 saturated heterocycles. The lowest BCUT2D eigenvalue weighted by Crippen LogP contribution is -2.23. The topological polar surface area (TPSA) is 81.2 Å². The van der Waals surface area contributed by atoms with E-state index in [2.05, 4.69) is 15.3 Å². The van der Waals surface area contributed by atoms with Crippen LogP contribution in [0.25, 0.3) is 10.6 Å². The lowest BCUT2D eigenvalue weighted by atomic mass is 10.1. The van der Waals surface area contributed by atoms with E-state index in [-0.39, 0.29) is 24.5 Å². The van der Waals surface area contributed by atoms with Gasteiger partial charge in [0.15, 0.2) is 5.78 Å². The van der Waals surface area contributed by atoms with Crippen LogP contribution < -0.4 is 10.1 Å². The van der Waals surface area contributed by atoms with E-state index in [1.807, 2.05) is 17.5 Å². The number of hydrogen-bond acceptors (Lipinski definition) is 6. The van der Waals surface area contributed by atoms with Gasteiger partial charge < -0.3 is 10.1 Å². The van der Waals surface area contributed by atoms with Crippen LogP contribution in [0.5, 0.6) is 5.75 Å². The zero-order valence-electron chi connectivity index (χ0n) is 14.8. The molecule has 0 saturated carbocycles. The molecule has 1 aromatic carbocycles. The fraction of sp³-hybridized carbons (Fsp3) is 0.200. The van der Waals surface area contributed by atoms with E-state index in [1.54, 1.807) is 43.8 Å². The predicted molar refractivity (Wildman–Crippen MR) is 104 cm³/mol. The Morgan fingerprint density at radius 2 is 1.81 bits per heavy atom. The molecule has 138 valence electrons. The molecular weight excluding hydrogens is 362 g/mol. The SMILES string of the molecule is COc1ccc(C(=O)CCC(=O)NCc2csc(-c3ccncc3)n2)cc1. The van der Waals surface area contributed by atoms with Crippen molar-refractivity contribution in [3.8, 4) is 16.3 Å². The van der Waals surface area contributed by atoms with Gasteiger partial charge in [-0.05, 0) is 36.4 Å². The van der Waals surface area contributed by atoms with Gasteiger partial charge in [-0.25, -0.2) is 4.98 Å². The number of Topliss-reactive ketones (excluding diaryl/α,β-unsaturated/α-hetero) is 1. The number of amides is 1. The molecule has 1 N–H and O–H groups in total. The van der Waals surface area contributed by atoms with Crippen molar-refractivity contribution in [2.75, 3.05) is 7.11 Å². The van der Waals surface area contributed by atoms with Crippen LogP contribution in [0.4, 0.5) is 0 Å². The van der Waals surface area contributed by atoms with Crippen molar-refractivity contribution in [3.05, 3.63) is 65.4 Å². The first kappa shape index (κ1) is 18.7. The number of hydrogen-bond donors (Lipinski definition) is 1. The average Bonchev–Trinajstić information content (AvgIpc) is 3.20. The van der Waals surface area contributed by atoms with Gasteiger partial charge in [0.05, 0.1) is 19.3 Å². The van der Waals surface area contributed by atoms with Crippen molar-refractivity contribution < 1.29 is 14.3 Å². The van der Waals surface area contributed by atoms with Crippen LogP contribution in [0, 0.1) is 0 Å². The second-order valence-corrected chi connectivity index (χ2v) is 6.67. The summed E-state index contributed by atoms with van der Waals surface area (Å²) in [5.74, 6) is 0.454. The molecule has 2 heterocycles. The summed E-state index contributed by atoms with van der Waals surface area (Å²) < 4.78 is 5.07. The number of ether oxygens (including phenoxy) is 1. The number of benzene rings is 1. The number of aromatic nitrogens is 2. The molecule has 0 unspecified atom stereocenters. The van der Waals surface area contributed by atoms with E-state index in [9.17, 15) is 9.59 Å². The van der Waals surface area contributed by atoms with Crippen LogP contribution in [0.15, 0.2) is 54.2 Å². The number of ketones is 1. The molecule has 0 atom stereocenters. The van der Waals surface area contributed by atoms with Crippen molar-refractivity contribution in [1.82, 2.24) is 15.3 Å². The van der Waals surface area contributed by atoms with Crippen LogP contribution in [0.2, 0.25) is 0 Å². The highest BCUT2D eigenvalue weighted by Gasteiger charge is 2.10. The molecule has 1 amide bonds. The molecular formula is C20H19N3O3S. The molecule has 0 aliphatic carbocycles. The maximum Gasteiger partial charge on any atom is 0.220 e. The van der Waals surface area contributed by atoms with Gasteiger partial charge in [0.25, 0.3) is 0 Å². The Morgan fingerprint density at radius 3 is 2.52 bits per heavy atom. The summed E-state index contributed by atoms with van der Waals surface area (Å²) in [7, 11) is 1.57. The second-order valence-electron chi connectivity index (χ2n) is 5.81. The highest BCUT2D eigenvalue weighted by atomic mass is 32.1.